The van der Waals surface area contributed by atoms with E-state index in [2.05, 4.69) is 39.1 Å². The minimum atomic E-state index is -1.04. The van der Waals surface area contributed by atoms with Crippen LogP contribution in [0.25, 0.3) is 0 Å². The molecule has 0 amide bonds. The molecule has 0 aromatic heterocycles. The van der Waals surface area contributed by atoms with Crippen molar-refractivity contribution in [3.63, 3.8) is 0 Å². The first-order valence-corrected chi connectivity index (χ1v) is 11.2. The molecule has 0 aromatic rings. The fraction of sp³-hybridized carbons (Fsp3) is 0.900. The Morgan fingerprint density at radius 1 is 0.630 bits per heavy atom. The number of aliphatic carboxylic acids is 2. The number of thiol groups is 2. The van der Waals surface area contributed by atoms with Gasteiger partial charge in [-0.1, -0.05) is 90.9 Å². The summed E-state index contributed by atoms with van der Waals surface area (Å²) < 4.78 is 0. The Hall–Kier alpha value is 0.263. The van der Waals surface area contributed by atoms with Gasteiger partial charge in [0, 0.05) is 10.5 Å². The number of carbonyl (C=O) groups is 2. The largest absolute Gasteiger partial charge is 2.00 e. The van der Waals surface area contributed by atoms with Gasteiger partial charge in [-0.05, 0) is 12.8 Å². The molecule has 0 fully saturated rings. The minimum Gasteiger partial charge on any atom is -0.549 e. The van der Waals surface area contributed by atoms with Crippen molar-refractivity contribution in [1.29, 1.82) is 0 Å². The summed E-state index contributed by atoms with van der Waals surface area (Å²) in [5.74, 6) is -2.09. The fourth-order valence-electron chi connectivity index (χ4n) is 2.47. The molecule has 27 heavy (non-hydrogen) atoms. The normalized spacial score (nSPS) is 12.3. The molecule has 0 spiro atoms. The van der Waals surface area contributed by atoms with Gasteiger partial charge in [0.1, 0.15) is 0 Å². The molecule has 0 heterocycles. The Bertz CT molecular complexity index is 312. The molecule has 0 aliphatic carbocycles. The summed E-state index contributed by atoms with van der Waals surface area (Å²) in [4.78, 5) is 20.6. The van der Waals surface area contributed by atoms with E-state index in [9.17, 15) is 19.8 Å². The molecule has 7 heteroatoms. The zero-order valence-electron chi connectivity index (χ0n) is 17.3. The monoisotopic (exact) mass is 470 g/mol. The molecule has 0 aliphatic rings. The topological polar surface area (TPSA) is 80.3 Å². The van der Waals surface area contributed by atoms with Crippen molar-refractivity contribution in [2.75, 3.05) is 0 Å². The van der Waals surface area contributed by atoms with Gasteiger partial charge in [0.2, 0.25) is 0 Å². The van der Waals surface area contributed by atoms with E-state index in [-0.39, 0.29) is 19.5 Å². The molecule has 156 valence electrons. The van der Waals surface area contributed by atoms with Gasteiger partial charge in [0.05, 0.1) is 11.9 Å². The molecular formula is C20H38O4S2Zn. The predicted octanol–water partition coefficient (Wildman–Crippen LogP) is 3.57. The minimum absolute atomic E-state index is 0. The van der Waals surface area contributed by atoms with Crippen molar-refractivity contribution in [3.05, 3.63) is 0 Å². The average molecular weight is 472 g/mol. The van der Waals surface area contributed by atoms with E-state index >= 15 is 0 Å². The maximum Gasteiger partial charge on any atom is 2.00 e. The van der Waals surface area contributed by atoms with Crippen molar-refractivity contribution in [2.45, 2.75) is 114 Å². The molecule has 2 unspecified atom stereocenters. The molecule has 4 nitrogen and oxygen atoms in total. The quantitative estimate of drug-likeness (QED) is 0.205. The number of carbonyl (C=O) groups excluding carboxylic acids is 2. The molecule has 0 rings (SSSR count). The molecule has 0 aliphatic heterocycles. The maximum absolute atomic E-state index is 10.3. The second kappa shape index (κ2) is 24.3. The second-order valence-corrected chi connectivity index (χ2v) is 8.03. The van der Waals surface area contributed by atoms with Crippen LogP contribution in [-0.4, -0.2) is 22.4 Å². The van der Waals surface area contributed by atoms with Crippen LogP contribution in [0.3, 0.4) is 0 Å². The first-order chi connectivity index (χ1) is 12.4. The van der Waals surface area contributed by atoms with Gasteiger partial charge < -0.3 is 19.8 Å². The van der Waals surface area contributed by atoms with E-state index < -0.39 is 22.4 Å². The van der Waals surface area contributed by atoms with E-state index in [0.29, 0.717) is 12.8 Å². The number of rotatable bonds is 16. The first-order valence-electron chi connectivity index (χ1n) is 10.1. The first kappa shape index (κ1) is 31.9. The molecular weight excluding hydrogens is 434 g/mol. The van der Waals surface area contributed by atoms with E-state index in [0.717, 1.165) is 25.7 Å². The van der Waals surface area contributed by atoms with Crippen LogP contribution < -0.4 is 10.2 Å². The average Bonchev–Trinajstić information content (AvgIpc) is 2.60. The molecule has 0 radical (unpaired) electrons. The van der Waals surface area contributed by atoms with Crippen LogP contribution >= 0.6 is 25.3 Å². The molecule has 0 bridgehead atoms. The van der Waals surface area contributed by atoms with Crippen molar-refractivity contribution >= 4 is 37.2 Å². The number of hydrogen-bond acceptors (Lipinski definition) is 6. The smallest absolute Gasteiger partial charge is 0.549 e. The Balaban J connectivity index is -0.000000411. The van der Waals surface area contributed by atoms with E-state index in [1.54, 1.807) is 0 Å². The summed E-state index contributed by atoms with van der Waals surface area (Å²) in [5.41, 5.74) is 0. The van der Waals surface area contributed by atoms with Gasteiger partial charge >= 0.3 is 19.5 Å². The van der Waals surface area contributed by atoms with Crippen LogP contribution in [0, 0.1) is 0 Å². The Morgan fingerprint density at radius 2 is 0.889 bits per heavy atom. The Kier molecular flexibility index (Phi) is 28.8. The summed E-state index contributed by atoms with van der Waals surface area (Å²) in [7, 11) is 0. The van der Waals surface area contributed by atoms with Crippen LogP contribution in [0.15, 0.2) is 0 Å². The van der Waals surface area contributed by atoms with Gasteiger partial charge in [-0.25, -0.2) is 0 Å². The van der Waals surface area contributed by atoms with Crippen molar-refractivity contribution < 1.29 is 39.3 Å². The second-order valence-electron chi connectivity index (χ2n) is 6.78. The third kappa shape index (κ3) is 26.3. The molecule has 0 saturated carbocycles. The fourth-order valence-corrected chi connectivity index (χ4v) is 2.84. The predicted molar refractivity (Wildman–Crippen MR) is 112 cm³/mol. The number of carboxylic acids is 2. The summed E-state index contributed by atoms with van der Waals surface area (Å²) in [6, 6.07) is 0. The molecule has 0 N–H and O–H groups in total. The third-order valence-corrected chi connectivity index (χ3v) is 5.14. The van der Waals surface area contributed by atoms with Gasteiger partial charge in [-0.2, -0.15) is 25.3 Å². The van der Waals surface area contributed by atoms with Crippen molar-refractivity contribution in [1.82, 2.24) is 0 Å². The van der Waals surface area contributed by atoms with Gasteiger partial charge in [0.25, 0.3) is 0 Å². The summed E-state index contributed by atoms with van der Waals surface area (Å²) in [6.07, 6.45) is 15.4. The van der Waals surface area contributed by atoms with Crippen molar-refractivity contribution in [3.8, 4) is 0 Å². The zero-order chi connectivity index (χ0) is 20.2. The van der Waals surface area contributed by atoms with E-state index in [4.69, 9.17) is 0 Å². The van der Waals surface area contributed by atoms with Gasteiger partial charge in [-0.15, -0.1) is 0 Å². The molecule has 2 atom stereocenters. The summed E-state index contributed by atoms with van der Waals surface area (Å²) >= 11 is 7.81. The molecule has 0 aromatic carbocycles. The Labute approximate surface area is 190 Å². The summed E-state index contributed by atoms with van der Waals surface area (Å²) in [5, 5.41) is 19.4. The number of hydrogen-bond donors (Lipinski definition) is 2. The molecule has 0 saturated heterocycles. The van der Waals surface area contributed by atoms with E-state index in [1.807, 2.05) is 0 Å². The number of carboxylic acid groups (broad SMARTS) is 2. The standard InChI is InChI=1S/2C10H20O2S.Zn/c2*1-2-3-4-5-6-7-8-9(13)10(11)12;/h2*9,13H,2-8H2,1H3,(H,11,12);/q;;+2/p-2. The summed E-state index contributed by atoms with van der Waals surface area (Å²) in [6.45, 7) is 4.36. The van der Waals surface area contributed by atoms with Crippen LogP contribution in [0.2, 0.25) is 0 Å². The van der Waals surface area contributed by atoms with Gasteiger partial charge in [-0.3, -0.25) is 0 Å². The van der Waals surface area contributed by atoms with E-state index in [1.165, 1.54) is 51.4 Å². The van der Waals surface area contributed by atoms with Gasteiger partial charge in [0.15, 0.2) is 0 Å². The Morgan fingerprint density at radius 3 is 1.15 bits per heavy atom. The van der Waals surface area contributed by atoms with Crippen LogP contribution in [0.5, 0.6) is 0 Å². The maximum atomic E-state index is 10.3. The third-order valence-electron chi connectivity index (χ3n) is 4.21. The zero-order valence-corrected chi connectivity index (χ0v) is 22.0. The van der Waals surface area contributed by atoms with Crippen LogP contribution in [0.1, 0.15) is 104 Å². The van der Waals surface area contributed by atoms with Crippen molar-refractivity contribution in [2.24, 2.45) is 0 Å². The SMILES string of the molecule is CCCCCCCCC(S)C(=O)[O-].CCCCCCCCC(S)C(=O)[O-].[Zn+2]. The number of unbranched alkanes of at least 4 members (excludes halogenated alkanes) is 10. The van der Waals surface area contributed by atoms with Crippen LogP contribution in [0.4, 0.5) is 0 Å². The van der Waals surface area contributed by atoms with Crippen LogP contribution in [-0.2, 0) is 29.1 Å².